The summed E-state index contributed by atoms with van der Waals surface area (Å²) in [5.74, 6) is 1.56. The highest BCUT2D eigenvalue weighted by Gasteiger charge is 2.04. The summed E-state index contributed by atoms with van der Waals surface area (Å²) in [6.45, 7) is 0.824. The molecule has 0 aliphatic carbocycles. The fourth-order valence-corrected chi connectivity index (χ4v) is 1.80. The molecule has 2 N–H and O–H groups in total. The van der Waals surface area contributed by atoms with Gasteiger partial charge in [-0.25, -0.2) is 4.98 Å². The second-order valence-corrected chi connectivity index (χ2v) is 4.26. The molecule has 1 aromatic rings. The Kier molecular flexibility index (Phi) is 6.52. The number of rotatable bonds is 7. The van der Waals surface area contributed by atoms with E-state index in [0.29, 0.717) is 12.2 Å². The molecule has 1 heterocycles. The van der Waals surface area contributed by atoms with E-state index in [2.05, 4.69) is 15.3 Å². The van der Waals surface area contributed by atoms with Gasteiger partial charge in [0.2, 0.25) is 0 Å². The molecule has 16 heavy (non-hydrogen) atoms. The van der Waals surface area contributed by atoms with Crippen molar-refractivity contribution in [2.75, 3.05) is 24.7 Å². The number of carbonyl (C=O) groups excluding carboxylic acids is 1. The van der Waals surface area contributed by atoms with Crippen LogP contribution in [0.25, 0.3) is 0 Å². The average Bonchev–Trinajstić information content (AvgIpc) is 2.34. The lowest BCUT2D eigenvalue weighted by atomic mass is 10.4. The van der Waals surface area contributed by atoms with Crippen LogP contribution in [0, 0.1) is 0 Å². The van der Waals surface area contributed by atoms with Gasteiger partial charge in [0.1, 0.15) is 5.69 Å². The van der Waals surface area contributed by atoms with Crippen LogP contribution >= 0.6 is 11.8 Å². The number of nitrogens with zero attached hydrogens (tertiary/aromatic N) is 2. The van der Waals surface area contributed by atoms with E-state index in [-0.39, 0.29) is 12.5 Å². The Bertz CT molecular complexity index is 308. The molecule has 0 radical (unpaired) electrons. The minimum atomic E-state index is -0.198. The Labute approximate surface area is 98.7 Å². The van der Waals surface area contributed by atoms with Crippen molar-refractivity contribution >= 4 is 17.7 Å². The maximum Gasteiger partial charge on any atom is 0.271 e. The highest BCUT2D eigenvalue weighted by molar-refractivity contribution is 7.99. The maximum atomic E-state index is 11.5. The van der Waals surface area contributed by atoms with Crippen LogP contribution in [0.4, 0.5) is 0 Å². The van der Waals surface area contributed by atoms with Crippen LogP contribution in [0.2, 0.25) is 0 Å². The molecule has 1 aromatic heterocycles. The molecular formula is C10H15N3O2S. The quantitative estimate of drug-likeness (QED) is 0.673. The highest BCUT2D eigenvalue weighted by Crippen LogP contribution is 2.00. The van der Waals surface area contributed by atoms with Crippen LogP contribution in [0.3, 0.4) is 0 Å². The predicted octanol–water partition coefficient (Wildman–Crippen LogP) is 0.322. The van der Waals surface area contributed by atoms with E-state index in [1.165, 1.54) is 18.6 Å². The Balaban J connectivity index is 2.12. The largest absolute Gasteiger partial charge is 0.396 e. The summed E-state index contributed by atoms with van der Waals surface area (Å²) in [5, 5.41) is 11.3. The normalized spacial score (nSPS) is 10.1. The van der Waals surface area contributed by atoms with E-state index in [1.54, 1.807) is 11.8 Å². The van der Waals surface area contributed by atoms with Gasteiger partial charge in [-0.2, -0.15) is 11.8 Å². The second kappa shape index (κ2) is 8.06. The number of hydrogen-bond acceptors (Lipinski definition) is 5. The van der Waals surface area contributed by atoms with Gasteiger partial charge >= 0.3 is 0 Å². The fraction of sp³-hybridized carbons (Fsp3) is 0.500. The summed E-state index contributed by atoms with van der Waals surface area (Å²) < 4.78 is 0. The van der Waals surface area contributed by atoms with Gasteiger partial charge in [0.25, 0.3) is 5.91 Å². The minimum Gasteiger partial charge on any atom is -0.396 e. The Hall–Kier alpha value is -1.14. The van der Waals surface area contributed by atoms with E-state index in [4.69, 9.17) is 5.11 Å². The van der Waals surface area contributed by atoms with Gasteiger partial charge in [0, 0.05) is 31.3 Å². The zero-order valence-electron chi connectivity index (χ0n) is 8.93. The van der Waals surface area contributed by atoms with Crippen LogP contribution in [0.1, 0.15) is 16.9 Å². The van der Waals surface area contributed by atoms with Crippen LogP contribution in [0.5, 0.6) is 0 Å². The molecule has 1 amide bonds. The number of aliphatic hydroxyl groups excluding tert-OH is 1. The van der Waals surface area contributed by atoms with Gasteiger partial charge in [-0.15, -0.1) is 0 Å². The Morgan fingerprint density at radius 3 is 3.00 bits per heavy atom. The molecule has 0 fully saturated rings. The van der Waals surface area contributed by atoms with E-state index < -0.39 is 0 Å². The lowest BCUT2D eigenvalue weighted by Crippen LogP contribution is -2.26. The second-order valence-electron chi connectivity index (χ2n) is 3.04. The molecule has 0 saturated carbocycles. The third-order valence-corrected chi connectivity index (χ3v) is 2.84. The van der Waals surface area contributed by atoms with Gasteiger partial charge in [-0.3, -0.25) is 9.78 Å². The zero-order valence-corrected chi connectivity index (χ0v) is 9.74. The highest BCUT2D eigenvalue weighted by atomic mass is 32.2. The lowest BCUT2D eigenvalue weighted by molar-refractivity contribution is 0.0951. The van der Waals surface area contributed by atoms with Crippen molar-refractivity contribution in [2.45, 2.75) is 6.42 Å². The standard InChI is InChI=1S/C10H15N3O2S/c14-5-1-6-16-7-4-13-10(15)9-8-11-2-3-12-9/h2-3,8,14H,1,4-7H2,(H,13,15). The van der Waals surface area contributed by atoms with Crippen molar-refractivity contribution in [3.63, 3.8) is 0 Å². The number of amides is 1. The zero-order chi connectivity index (χ0) is 11.6. The number of aromatic nitrogens is 2. The van der Waals surface area contributed by atoms with Gasteiger partial charge in [-0.05, 0) is 12.2 Å². The van der Waals surface area contributed by atoms with E-state index in [9.17, 15) is 4.79 Å². The first-order chi connectivity index (χ1) is 7.84. The summed E-state index contributed by atoms with van der Waals surface area (Å²) in [6, 6.07) is 0. The molecule has 88 valence electrons. The summed E-state index contributed by atoms with van der Waals surface area (Å²) >= 11 is 1.70. The third-order valence-electron chi connectivity index (χ3n) is 1.77. The first-order valence-corrected chi connectivity index (χ1v) is 6.23. The summed E-state index contributed by atoms with van der Waals surface area (Å²) in [5.41, 5.74) is 0.336. The molecular weight excluding hydrogens is 226 g/mol. The maximum absolute atomic E-state index is 11.5. The van der Waals surface area contributed by atoms with Crippen molar-refractivity contribution in [3.8, 4) is 0 Å². The van der Waals surface area contributed by atoms with Crippen molar-refractivity contribution in [1.82, 2.24) is 15.3 Å². The monoisotopic (exact) mass is 241 g/mol. The molecule has 5 nitrogen and oxygen atoms in total. The van der Waals surface area contributed by atoms with Crippen LogP contribution < -0.4 is 5.32 Å². The number of thioether (sulfide) groups is 1. The molecule has 0 saturated heterocycles. The molecule has 0 spiro atoms. The fourth-order valence-electron chi connectivity index (χ4n) is 1.01. The van der Waals surface area contributed by atoms with Crippen molar-refractivity contribution < 1.29 is 9.90 Å². The van der Waals surface area contributed by atoms with Crippen molar-refractivity contribution in [2.24, 2.45) is 0 Å². The van der Waals surface area contributed by atoms with E-state index in [1.807, 2.05) is 0 Å². The number of aliphatic hydroxyl groups is 1. The van der Waals surface area contributed by atoms with Crippen molar-refractivity contribution in [1.29, 1.82) is 0 Å². The predicted molar refractivity (Wildman–Crippen MR) is 63.4 cm³/mol. The van der Waals surface area contributed by atoms with E-state index in [0.717, 1.165) is 17.9 Å². The summed E-state index contributed by atoms with van der Waals surface area (Å²) in [6.07, 6.45) is 5.25. The molecule has 0 aliphatic rings. The van der Waals surface area contributed by atoms with Gasteiger partial charge < -0.3 is 10.4 Å². The molecule has 1 rings (SSSR count). The van der Waals surface area contributed by atoms with Crippen molar-refractivity contribution in [3.05, 3.63) is 24.3 Å². The number of carbonyl (C=O) groups is 1. The minimum absolute atomic E-state index is 0.198. The Morgan fingerprint density at radius 1 is 1.44 bits per heavy atom. The van der Waals surface area contributed by atoms with Crippen LogP contribution in [0.15, 0.2) is 18.6 Å². The van der Waals surface area contributed by atoms with Gasteiger partial charge in [-0.1, -0.05) is 0 Å². The molecule has 6 heteroatoms. The van der Waals surface area contributed by atoms with Crippen LogP contribution in [-0.2, 0) is 0 Å². The van der Waals surface area contributed by atoms with Crippen LogP contribution in [-0.4, -0.2) is 45.6 Å². The number of nitrogens with one attached hydrogen (secondary N) is 1. The summed E-state index contributed by atoms with van der Waals surface area (Å²) in [7, 11) is 0. The number of hydrogen-bond donors (Lipinski definition) is 2. The SMILES string of the molecule is O=C(NCCSCCCO)c1cnccn1. The molecule has 0 unspecified atom stereocenters. The molecule has 0 bridgehead atoms. The first-order valence-electron chi connectivity index (χ1n) is 5.07. The average molecular weight is 241 g/mol. The van der Waals surface area contributed by atoms with E-state index >= 15 is 0 Å². The smallest absolute Gasteiger partial charge is 0.271 e. The van der Waals surface area contributed by atoms with Gasteiger partial charge in [0.15, 0.2) is 0 Å². The topological polar surface area (TPSA) is 75.1 Å². The third kappa shape index (κ3) is 5.09. The van der Waals surface area contributed by atoms with Gasteiger partial charge in [0.05, 0.1) is 6.20 Å². The molecule has 0 aliphatic heterocycles. The molecule has 0 atom stereocenters. The molecule has 0 aromatic carbocycles. The summed E-state index contributed by atoms with van der Waals surface area (Å²) in [4.78, 5) is 19.2. The first kappa shape index (κ1) is 12.9. The lowest BCUT2D eigenvalue weighted by Gasteiger charge is -2.03. The Morgan fingerprint density at radius 2 is 2.31 bits per heavy atom.